The van der Waals surface area contributed by atoms with E-state index < -0.39 is 0 Å². The first-order valence-corrected chi connectivity index (χ1v) is 6.69. The third kappa shape index (κ3) is 2.07. The Hall–Kier alpha value is -0.0800. The highest BCUT2D eigenvalue weighted by Gasteiger charge is 2.40. The van der Waals surface area contributed by atoms with Crippen LogP contribution in [0.5, 0.6) is 0 Å². The van der Waals surface area contributed by atoms with E-state index in [0.717, 1.165) is 30.5 Å². The Morgan fingerprint density at radius 3 is 2.67 bits per heavy atom. The number of hydrogen-bond donors (Lipinski definition) is 1. The smallest absolute Gasteiger partial charge is 0.0561 e. The first-order chi connectivity index (χ1) is 7.31. The van der Waals surface area contributed by atoms with Crippen molar-refractivity contribution < 1.29 is 4.74 Å². The average molecular weight is 209 g/mol. The van der Waals surface area contributed by atoms with Gasteiger partial charge in [-0.05, 0) is 50.9 Å². The van der Waals surface area contributed by atoms with Gasteiger partial charge in [-0.1, -0.05) is 6.42 Å². The summed E-state index contributed by atoms with van der Waals surface area (Å²) in [6.07, 6.45) is 8.86. The van der Waals surface area contributed by atoms with Gasteiger partial charge in [0.15, 0.2) is 0 Å². The predicted octanol–water partition coefficient (Wildman–Crippen LogP) is 2.33. The molecule has 0 aromatic heterocycles. The summed E-state index contributed by atoms with van der Waals surface area (Å²) in [5.74, 6) is 2.07. The van der Waals surface area contributed by atoms with E-state index in [4.69, 9.17) is 4.74 Å². The van der Waals surface area contributed by atoms with Gasteiger partial charge in [-0.2, -0.15) is 0 Å². The van der Waals surface area contributed by atoms with Crippen LogP contribution >= 0.6 is 0 Å². The molecule has 0 aromatic rings. The fraction of sp³-hybridized carbons (Fsp3) is 1.00. The van der Waals surface area contributed by atoms with Gasteiger partial charge in [0.25, 0.3) is 0 Å². The molecule has 2 saturated carbocycles. The molecule has 2 heteroatoms. The fourth-order valence-corrected chi connectivity index (χ4v) is 3.90. The highest BCUT2D eigenvalue weighted by atomic mass is 16.5. The van der Waals surface area contributed by atoms with Gasteiger partial charge < -0.3 is 10.1 Å². The zero-order chi connectivity index (χ0) is 10.3. The fourth-order valence-electron chi connectivity index (χ4n) is 3.90. The van der Waals surface area contributed by atoms with E-state index in [0.29, 0.717) is 6.10 Å². The van der Waals surface area contributed by atoms with Crippen LogP contribution in [0.3, 0.4) is 0 Å². The molecule has 1 aliphatic heterocycles. The molecule has 5 atom stereocenters. The van der Waals surface area contributed by atoms with Crippen LogP contribution in [-0.2, 0) is 4.74 Å². The minimum Gasteiger partial charge on any atom is -0.378 e. The van der Waals surface area contributed by atoms with E-state index >= 15 is 0 Å². The molecular formula is C13H23NO. The van der Waals surface area contributed by atoms with E-state index in [-0.39, 0.29) is 0 Å². The Morgan fingerprint density at radius 1 is 1.07 bits per heavy atom. The summed E-state index contributed by atoms with van der Waals surface area (Å²) in [5.41, 5.74) is 0. The van der Waals surface area contributed by atoms with E-state index in [1.165, 1.54) is 38.5 Å². The molecule has 86 valence electrons. The number of fused-ring (bicyclic) bond motifs is 2. The lowest BCUT2D eigenvalue weighted by molar-refractivity contribution is 0.00986. The molecule has 1 heterocycles. The summed E-state index contributed by atoms with van der Waals surface area (Å²) in [5, 5.41) is 3.90. The van der Waals surface area contributed by atoms with Gasteiger partial charge in [-0.3, -0.25) is 0 Å². The molecular weight excluding hydrogens is 186 g/mol. The molecule has 0 amide bonds. The standard InChI is InChI=1S/C13H23NO/c1-9-6-12(4-5-15-9)14-13-8-10-2-3-11(13)7-10/h9-14H,2-8H2,1H3. The van der Waals surface area contributed by atoms with Gasteiger partial charge in [0.05, 0.1) is 6.10 Å². The molecule has 3 fully saturated rings. The summed E-state index contributed by atoms with van der Waals surface area (Å²) < 4.78 is 5.59. The highest BCUT2D eigenvalue weighted by Crippen LogP contribution is 2.44. The molecule has 3 rings (SSSR count). The molecule has 3 aliphatic rings. The lowest BCUT2D eigenvalue weighted by Gasteiger charge is -2.33. The maximum atomic E-state index is 5.59. The second-order valence-corrected chi connectivity index (χ2v) is 5.85. The highest BCUT2D eigenvalue weighted by molar-refractivity contribution is 4.95. The van der Waals surface area contributed by atoms with Crippen molar-refractivity contribution >= 4 is 0 Å². The van der Waals surface area contributed by atoms with Gasteiger partial charge in [0.2, 0.25) is 0 Å². The summed E-state index contributed by atoms with van der Waals surface area (Å²) in [6.45, 7) is 3.16. The monoisotopic (exact) mass is 209 g/mol. The van der Waals surface area contributed by atoms with Crippen molar-refractivity contribution in [3.05, 3.63) is 0 Å². The zero-order valence-corrected chi connectivity index (χ0v) is 9.74. The summed E-state index contributed by atoms with van der Waals surface area (Å²) >= 11 is 0. The molecule has 2 nitrogen and oxygen atoms in total. The van der Waals surface area contributed by atoms with Crippen molar-refractivity contribution in [3.63, 3.8) is 0 Å². The summed E-state index contributed by atoms with van der Waals surface area (Å²) in [4.78, 5) is 0. The number of ether oxygens (including phenoxy) is 1. The molecule has 1 saturated heterocycles. The number of hydrogen-bond acceptors (Lipinski definition) is 2. The zero-order valence-electron chi connectivity index (χ0n) is 9.74. The van der Waals surface area contributed by atoms with Crippen LogP contribution in [0.2, 0.25) is 0 Å². The molecule has 0 radical (unpaired) electrons. The van der Waals surface area contributed by atoms with Crippen molar-refractivity contribution in [1.82, 2.24) is 5.32 Å². The number of rotatable bonds is 2. The lowest BCUT2D eigenvalue weighted by Crippen LogP contribution is -2.45. The van der Waals surface area contributed by atoms with Crippen LogP contribution in [0, 0.1) is 11.8 Å². The Balaban J connectivity index is 1.52. The second-order valence-electron chi connectivity index (χ2n) is 5.85. The molecule has 0 aromatic carbocycles. The Morgan fingerprint density at radius 2 is 2.00 bits per heavy atom. The van der Waals surface area contributed by atoms with Crippen molar-refractivity contribution in [1.29, 1.82) is 0 Å². The molecule has 15 heavy (non-hydrogen) atoms. The normalized spacial score (nSPS) is 49.8. The third-order valence-corrected chi connectivity index (χ3v) is 4.67. The van der Waals surface area contributed by atoms with Crippen LogP contribution in [0.4, 0.5) is 0 Å². The molecule has 0 spiro atoms. The van der Waals surface area contributed by atoms with E-state index in [2.05, 4.69) is 12.2 Å². The molecule has 5 unspecified atom stereocenters. The van der Waals surface area contributed by atoms with Gasteiger partial charge in [0, 0.05) is 18.7 Å². The van der Waals surface area contributed by atoms with Crippen LogP contribution < -0.4 is 5.32 Å². The van der Waals surface area contributed by atoms with Crippen molar-refractivity contribution in [2.45, 2.75) is 63.6 Å². The van der Waals surface area contributed by atoms with Crippen LogP contribution in [0.15, 0.2) is 0 Å². The third-order valence-electron chi connectivity index (χ3n) is 4.67. The van der Waals surface area contributed by atoms with Crippen LogP contribution in [-0.4, -0.2) is 24.8 Å². The van der Waals surface area contributed by atoms with Gasteiger partial charge in [0.1, 0.15) is 0 Å². The minimum absolute atomic E-state index is 0.467. The summed E-state index contributed by atoms with van der Waals surface area (Å²) in [7, 11) is 0. The van der Waals surface area contributed by atoms with Gasteiger partial charge in [-0.25, -0.2) is 0 Å². The predicted molar refractivity (Wildman–Crippen MR) is 60.8 cm³/mol. The summed E-state index contributed by atoms with van der Waals surface area (Å²) in [6, 6.07) is 1.58. The second kappa shape index (κ2) is 4.06. The van der Waals surface area contributed by atoms with E-state index in [1.807, 2.05) is 0 Å². The average Bonchev–Trinajstić information content (AvgIpc) is 2.79. The van der Waals surface area contributed by atoms with E-state index in [1.54, 1.807) is 0 Å². The van der Waals surface area contributed by atoms with E-state index in [9.17, 15) is 0 Å². The van der Waals surface area contributed by atoms with Crippen LogP contribution in [0.25, 0.3) is 0 Å². The quantitative estimate of drug-likeness (QED) is 0.753. The van der Waals surface area contributed by atoms with Gasteiger partial charge in [-0.15, -0.1) is 0 Å². The topological polar surface area (TPSA) is 21.3 Å². The van der Waals surface area contributed by atoms with Crippen molar-refractivity contribution in [3.8, 4) is 0 Å². The molecule has 1 N–H and O–H groups in total. The maximum absolute atomic E-state index is 5.59. The largest absolute Gasteiger partial charge is 0.378 e. The van der Waals surface area contributed by atoms with Gasteiger partial charge >= 0.3 is 0 Å². The first-order valence-electron chi connectivity index (χ1n) is 6.69. The maximum Gasteiger partial charge on any atom is 0.0561 e. The van der Waals surface area contributed by atoms with Crippen molar-refractivity contribution in [2.75, 3.05) is 6.61 Å². The minimum atomic E-state index is 0.467. The Labute approximate surface area is 92.8 Å². The van der Waals surface area contributed by atoms with Crippen LogP contribution in [0.1, 0.15) is 45.4 Å². The molecule has 2 aliphatic carbocycles. The molecule has 2 bridgehead atoms. The Bertz CT molecular complexity index is 231. The van der Waals surface area contributed by atoms with Crippen molar-refractivity contribution in [2.24, 2.45) is 11.8 Å². The SMILES string of the molecule is CC1CC(NC2CC3CCC2C3)CCO1. The lowest BCUT2D eigenvalue weighted by atomic mass is 9.93. The number of nitrogens with one attached hydrogen (secondary N) is 1. The first kappa shape index (κ1) is 10.1. The Kier molecular flexibility index (Phi) is 2.73.